The molecule has 11 heteroatoms. The molecule has 0 bridgehead atoms. The van der Waals surface area contributed by atoms with Crippen molar-refractivity contribution in [3.63, 3.8) is 0 Å². The molecule has 0 aliphatic carbocycles. The zero-order valence-corrected chi connectivity index (χ0v) is 17.8. The van der Waals surface area contributed by atoms with Crippen LogP contribution < -0.4 is 5.32 Å². The van der Waals surface area contributed by atoms with Crippen LogP contribution in [0.4, 0.5) is 4.79 Å². The minimum atomic E-state index is -4.67. The van der Waals surface area contributed by atoms with Crippen LogP contribution in [0.25, 0.3) is 0 Å². The van der Waals surface area contributed by atoms with Gasteiger partial charge in [0.2, 0.25) is 0 Å². The predicted molar refractivity (Wildman–Crippen MR) is 114 cm³/mol. The van der Waals surface area contributed by atoms with Crippen molar-refractivity contribution in [1.82, 2.24) is 5.32 Å². The molecule has 0 unspecified atom stereocenters. The number of carbonyl (C=O) groups excluding carboxylic acids is 1. The molecule has 0 aromatic rings. The summed E-state index contributed by atoms with van der Waals surface area (Å²) < 4.78 is 36.5. The number of aliphatic carboxylic acids is 1. The van der Waals surface area contributed by atoms with E-state index in [1.165, 1.54) is 44.8 Å². The Morgan fingerprint density at radius 2 is 1.52 bits per heavy atom. The van der Waals surface area contributed by atoms with Gasteiger partial charge in [0.25, 0.3) is 0 Å². The molecule has 1 amide bonds. The van der Waals surface area contributed by atoms with Crippen molar-refractivity contribution in [2.45, 2.75) is 84.6 Å². The van der Waals surface area contributed by atoms with Crippen LogP contribution >= 0.6 is 0 Å². The fraction of sp³-hybridized carbons (Fsp3) is 0.778. The number of rotatable bonds is 13. The van der Waals surface area contributed by atoms with Crippen LogP contribution in [0.5, 0.6) is 0 Å². The Morgan fingerprint density at radius 1 is 1.03 bits per heavy atom. The van der Waals surface area contributed by atoms with Crippen molar-refractivity contribution < 1.29 is 37.0 Å². The Balaban J connectivity index is -0.000000997. The first-order valence-corrected chi connectivity index (χ1v) is 11.0. The van der Waals surface area contributed by atoms with Gasteiger partial charge in [-0.3, -0.25) is 9.11 Å². The SMILES string of the molecule is CCCCCCCCCC=COC(=O)N[C@H](C(=O)O)[C@@H](C)CC.O=S(=O)(O)O.[NaH]. The summed E-state index contributed by atoms with van der Waals surface area (Å²) in [5.41, 5.74) is 0. The molecule has 0 aromatic heterocycles. The van der Waals surface area contributed by atoms with Crippen LogP contribution in [0.1, 0.15) is 78.6 Å². The average molecular weight is 450 g/mol. The summed E-state index contributed by atoms with van der Waals surface area (Å²) in [6.45, 7) is 5.88. The van der Waals surface area contributed by atoms with Gasteiger partial charge in [0.1, 0.15) is 6.04 Å². The van der Waals surface area contributed by atoms with Gasteiger partial charge >= 0.3 is 52.0 Å². The van der Waals surface area contributed by atoms with E-state index in [1.54, 1.807) is 6.92 Å². The van der Waals surface area contributed by atoms with E-state index in [0.717, 1.165) is 12.8 Å². The van der Waals surface area contributed by atoms with Crippen LogP contribution in [0.3, 0.4) is 0 Å². The molecule has 168 valence electrons. The number of amides is 1. The second-order valence-electron chi connectivity index (χ2n) is 6.48. The van der Waals surface area contributed by atoms with Crippen LogP contribution in [-0.2, 0) is 19.9 Å². The van der Waals surface area contributed by atoms with Crippen LogP contribution in [0.2, 0.25) is 0 Å². The van der Waals surface area contributed by atoms with Gasteiger partial charge in [-0.05, 0) is 24.8 Å². The third-order valence-corrected chi connectivity index (χ3v) is 4.00. The van der Waals surface area contributed by atoms with Crippen molar-refractivity contribution >= 4 is 52.0 Å². The number of hydrogen-bond acceptors (Lipinski definition) is 5. The average Bonchev–Trinajstić information content (AvgIpc) is 2.59. The Labute approximate surface area is 196 Å². The topological polar surface area (TPSA) is 150 Å². The Bertz CT molecular complexity index is 546. The maximum atomic E-state index is 11.6. The van der Waals surface area contributed by atoms with Crippen molar-refractivity contribution in [3.05, 3.63) is 12.3 Å². The van der Waals surface area contributed by atoms with Crippen molar-refractivity contribution in [2.75, 3.05) is 0 Å². The number of carbonyl (C=O) groups is 2. The fourth-order valence-electron chi connectivity index (χ4n) is 2.24. The first-order chi connectivity index (χ1) is 13.0. The molecule has 0 rings (SSSR count). The summed E-state index contributed by atoms with van der Waals surface area (Å²) >= 11 is 0. The normalized spacial score (nSPS) is 12.9. The molecule has 0 aromatic carbocycles. The zero-order chi connectivity index (χ0) is 22.0. The number of nitrogens with one attached hydrogen (secondary N) is 1. The molecule has 29 heavy (non-hydrogen) atoms. The molecule has 9 nitrogen and oxygen atoms in total. The van der Waals surface area contributed by atoms with Crippen molar-refractivity contribution in [3.8, 4) is 0 Å². The number of ether oxygens (including phenoxy) is 1. The molecule has 0 heterocycles. The van der Waals surface area contributed by atoms with E-state index < -0.39 is 28.5 Å². The second kappa shape index (κ2) is 20.6. The first kappa shape index (κ1) is 33.0. The van der Waals surface area contributed by atoms with Gasteiger partial charge in [0, 0.05) is 0 Å². The number of carboxylic acids is 1. The van der Waals surface area contributed by atoms with Gasteiger partial charge in [-0.15, -0.1) is 0 Å². The quantitative estimate of drug-likeness (QED) is 0.144. The zero-order valence-electron chi connectivity index (χ0n) is 17.0. The van der Waals surface area contributed by atoms with E-state index in [9.17, 15) is 9.59 Å². The van der Waals surface area contributed by atoms with E-state index in [1.807, 2.05) is 13.0 Å². The van der Waals surface area contributed by atoms with Gasteiger partial charge < -0.3 is 15.2 Å². The molecule has 4 N–H and O–H groups in total. The standard InChI is InChI=1S/C18H33NO4.Na.H2O4S.H/c1-4-6-7-8-9-10-11-12-13-14-23-18(22)19-16(17(20)21)15(3)5-2;;1-5(2,3)4;/h13-16H,4-12H2,1-3H3,(H,19,22)(H,20,21);;(H2,1,2,3,4);/t15-,16-;;;/m0.../s1. The van der Waals surface area contributed by atoms with E-state index >= 15 is 0 Å². The minimum absolute atomic E-state index is 0. The van der Waals surface area contributed by atoms with Crippen LogP contribution in [0, 0.1) is 5.92 Å². The van der Waals surface area contributed by atoms with Gasteiger partial charge in [0.15, 0.2) is 0 Å². The van der Waals surface area contributed by atoms with Crippen LogP contribution in [0.15, 0.2) is 12.3 Å². The molecule has 0 aliphatic rings. The van der Waals surface area contributed by atoms with Gasteiger partial charge in [0.05, 0.1) is 6.26 Å². The number of allylic oxidation sites excluding steroid dienone is 1. The first-order valence-electron chi connectivity index (χ1n) is 9.57. The van der Waals surface area contributed by atoms with Gasteiger partial charge in [-0.1, -0.05) is 65.7 Å². The maximum absolute atomic E-state index is 11.6. The number of alkyl carbamates (subject to hydrolysis) is 1. The van der Waals surface area contributed by atoms with E-state index in [0.29, 0.717) is 6.42 Å². The second-order valence-corrected chi connectivity index (χ2v) is 7.38. The van der Waals surface area contributed by atoms with E-state index in [4.69, 9.17) is 27.4 Å². The fourth-order valence-corrected chi connectivity index (χ4v) is 2.24. The predicted octanol–water partition coefficient (Wildman–Crippen LogP) is 3.57. The molecule has 0 saturated carbocycles. The summed E-state index contributed by atoms with van der Waals surface area (Å²) in [5, 5.41) is 11.5. The molecule has 2 atom stereocenters. The third-order valence-electron chi connectivity index (χ3n) is 4.00. The number of carboxylic acid groups (broad SMARTS) is 1. The van der Waals surface area contributed by atoms with Gasteiger partial charge in [-0.25, -0.2) is 9.59 Å². The van der Waals surface area contributed by atoms with Crippen LogP contribution in [-0.4, -0.2) is 70.3 Å². The molecule has 0 aliphatic heterocycles. The van der Waals surface area contributed by atoms with Crippen molar-refractivity contribution in [1.29, 1.82) is 0 Å². The molecular formula is C18H36NNaO8S. The number of hydrogen-bond donors (Lipinski definition) is 4. The summed E-state index contributed by atoms with van der Waals surface area (Å²) in [7, 11) is -4.67. The molecule has 0 saturated heterocycles. The Hall–Kier alpha value is -0.650. The molecule has 0 radical (unpaired) electrons. The summed E-state index contributed by atoms with van der Waals surface area (Å²) in [4.78, 5) is 22.7. The van der Waals surface area contributed by atoms with E-state index in [2.05, 4.69) is 12.2 Å². The Kier molecular flexibility index (Phi) is 23.5. The number of unbranched alkanes of at least 4 members (excludes halogenated alkanes) is 7. The van der Waals surface area contributed by atoms with Gasteiger partial charge in [-0.2, -0.15) is 8.42 Å². The Morgan fingerprint density at radius 3 is 1.97 bits per heavy atom. The van der Waals surface area contributed by atoms with E-state index in [-0.39, 0.29) is 35.5 Å². The summed E-state index contributed by atoms with van der Waals surface area (Å²) in [6.07, 6.45) is 12.7. The monoisotopic (exact) mass is 449 g/mol. The summed E-state index contributed by atoms with van der Waals surface area (Å²) in [6, 6.07) is -0.913. The molecular weight excluding hydrogens is 413 g/mol. The summed E-state index contributed by atoms with van der Waals surface area (Å²) in [5.74, 6) is -1.18. The third kappa shape index (κ3) is 27.4. The van der Waals surface area contributed by atoms with Crippen molar-refractivity contribution in [2.24, 2.45) is 5.92 Å². The molecule has 0 fully saturated rings. The molecule has 0 spiro atoms.